The molecule has 0 spiro atoms. The Kier molecular flexibility index (Phi) is 5.38. The normalized spacial score (nSPS) is 23.2. The molecule has 1 aliphatic rings. The van der Waals surface area contributed by atoms with Crippen molar-refractivity contribution in [2.45, 2.75) is 58.1 Å². The summed E-state index contributed by atoms with van der Waals surface area (Å²) in [5, 5.41) is 0. The van der Waals surface area contributed by atoms with Crippen LogP contribution in [0.2, 0.25) is 0 Å². The maximum absolute atomic E-state index is 11.6. The summed E-state index contributed by atoms with van der Waals surface area (Å²) in [4.78, 5) is 11.6. The topological polar surface area (TPSA) is 52.3 Å². The van der Waals surface area contributed by atoms with Crippen molar-refractivity contribution in [3.8, 4) is 11.8 Å². The highest BCUT2D eigenvalue weighted by molar-refractivity contribution is 5.89. The summed E-state index contributed by atoms with van der Waals surface area (Å²) in [6.45, 7) is 9.87. The third-order valence-corrected chi connectivity index (χ3v) is 3.43. The number of cyclic esters (lactones) is 1. The Morgan fingerprint density at radius 3 is 2.84 bits per heavy atom. The van der Waals surface area contributed by atoms with E-state index in [1.807, 2.05) is 13.8 Å². The van der Waals surface area contributed by atoms with E-state index in [1.165, 1.54) is 6.08 Å². The number of ether oxygens (including phenoxy) is 1. The van der Waals surface area contributed by atoms with Crippen molar-refractivity contribution in [3.05, 3.63) is 23.8 Å². The van der Waals surface area contributed by atoms with E-state index in [1.54, 1.807) is 0 Å². The van der Waals surface area contributed by atoms with Crippen molar-refractivity contribution in [2.75, 3.05) is 0 Å². The summed E-state index contributed by atoms with van der Waals surface area (Å²) in [5.74, 6) is 5.56. The maximum Gasteiger partial charge on any atom is 0.332 e. The molecule has 1 aliphatic heterocycles. The fraction of sp³-hybridized carbons (Fsp3) is 0.562. The van der Waals surface area contributed by atoms with Gasteiger partial charge in [0.25, 0.3) is 0 Å². The van der Waals surface area contributed by atoms with Crippen LogP contribution >= 0.6 is 0 Å². The van der Waals surface area contributed by atoms with Gasteiger partial charge in [0, 0.05) is 29.7 Å². The quantitative estimate of drug-likeness (QED) is 0.611. The molecule has 0 saturated carbocycles. The van der Waals surface area contributed by atoms with Gasteiger partial charge in [-0.05, 0) is 13.3 Å². The molecule has 104 valence electrons. The SMILES string of the molecule is C=C(C#CCC)C1=CC(=O)O[C@]1(C)[C@H](N)CCCC. The van der Waals surface area contributed by atoms with E-state index in [4.69, 9.17) is 10.5 Å². The molecule has 0 radical (unpaired) electrons. The second-order valence-electron chi connectivity index (χ2n) is 4.97. The van der Waals surface area contributed by atoms with Crippen LogP contribution in [0.25, 0.3) is 0 Å². The minimum atomic E-state index is -0.800. The predicted octanol–water partition coefficient (Wildman–Crippen LogP) is 2.72. The average molecular weight is 261 g/mol. The third kappa shape index (κ3) is 3.48. The molecule has 0 saturated heterocycles. The molecule has 0 aliphatic carbocycles. The van der Waals surface area contributed by atoms with E-state index in [9.17, 15) is 4.79 Å². The molecule has 0 fully saturated rings. The van der Waals surface area contributed by atoms with Crippen LogP contribution in [0.3, 0.4) is 0 Å². The number of hydrogen-bond donors (Lipinski definition) is 1. The molecular weight excluding hydrogens is 238 g/mol. The summed E-state index contributed by atoms with van der Waals surface area (Å²) in [6.07, 6.45) is 5.10. The zero-order valence-electron chi connectivity index (χ0n) is 12.1. The lowest BCUT2D eigenvalue weighted by Gasteiger charge is -2.32. The number of carbonyl (C=O) groups is 1. The van der Waals surface area contributed by atoms with Crippen LogP contribution in [0.4, 0.5) is 0 Å². The lowest BCUT2D eigenvalue weighted by Crippen LogP contribution is -2.47. The molecule has 3 heteroatoms. The van der Waals surface area contributed by atoms with Gasteiger partial charge in [0.2, 0.25) is 0 Å². The first-order valence-corrected chi connectivity index (χ1v) is 6.84. The van der Waals surface area contributed by atoms with Gasteiger partial charge in [-0.1, -0.05) is 45.1 Å². The number of unbranched alkanes of at least 4 members (excludes halogenated alkanes) is 1. The second-order valence-corrected chi connectivity index (χ2v) is 4.97. The van der Waals surface area contributed by atoms with Crippen LogP contribution in [0.15, 0.2) is 23.8 Å². The zero-order chi connectivity index (χ0) is 14.5. The Morgan fingerprint density at radius 2 is 2.26 bits per heavy atom. The third-order valence-electron chi connectivity index (χ3n) is 3.43. The molecule has 2 atom stereocenters. The van der Waals surface area contributed by atoms with E-state index in [2.05, 4.69) is 25.3 Å². The largest absolute Gasteiger partial charge is 0.450 e. The van der Waals surface area contributed by atoms with Gasteiger partial charge in [-0.25, -0.2) is 4.79 Å². The first-order chi connectivity index (χ1) is 8.95. The van der Waals surface area contributed by atoms with Gasteiger partial charge in [0.1, 0.15) is 0 Å². The minimum absolute atomic E-state index is 0.231. The lowest BCUT2D eigenvalue weighted by atomic mass is 9.83. The average Bonchev–Trinajstić information content (AvgIpc) is 2.69. The first kappa shape index (κ1) is 15.5. The van der Waals surface area contributed by atoms with Crippen molar-refractivity contribution < 1.29 is 9.53 Å². The molecule has 0 aromatic heterocycles. The summed E-state index contributed by atoms with van der Waals surface area (Å²) in [6, 6.07) is -0.231. The Morgan fingerprint density at radius 1 is 1.58 bits per heavy atom. The molecule has 0 unspecified atom stereocenters. The van der Waals surface area contributed by atoms with E-state index in [-0.39, 0.29) is 12.0 Å². The van der Waals surface area contributed by atoms with Gasteiger partial charge >= 0.3 is 5.97 Å². The highest BCUT2D eigenvalue weighted by atomic mass is 16.6. The van der Waals surface area contributed by atoms with Crippen LogP contribution in [0.5, 0.6) is 0 Å². The number of esters is 1. The van der Waals surface area contributed by atoms with E-state index < -0.39 is 5.60 Å². The number of hydrogen-bond acceptors (Lipinski definition) is 3. The Balaban J connectivity index is 2.96. The summed E-state index contributed by atoms with van der Waals surface area (Å²) < 4.78 is 5.44. The summed E-state index contributed by atoms with van der Waals surface area (Å²) in [5.41, 5.74) is 6.76. The highest BCUT2D eigenvalue weighted by Crippen LogP contribution is 2.36. The monoisotopic (exact) mass is 261 g/mol. The van der Waals surface area contributed by atoms with Crippen molar-refractivity contribution >= 4 is 5.97 Å². The lowest BCUT2D eigenvalue weighted by molar-refractivity contribution is -0.146. The number of rotatable bonds is 5. The van der Waals surface area contributed by atoms with Crippen LogP contribution < -0.4 is 5.73 Å². The van der Waals surface area contributed by atoms with E-state index in [0.29, 0.717) is 5.57 Å². The Bertz CT molecular complexity index is 453. The molecule has 1 rings (SSSR count). The molecule has 19 heavy (non-hydrogen) atoms. The fourth-order valence-electron chi connectivity index (χ4n) is 2.18. The van der Waals surface area contributed by atoms with Crippen LogP contribution in [-0.2, 0) is 9.53 Å². The van der Waals surface area contributed by atoms with Crippen molar-refractivity contribution in [1.29, 1.82) is 0 Å². The molecular formula is C16H23NO2. The fourth-order valence-corrected chi connectivity index (χ4v) is 2.18. The molecule has 0 aromatic rings. The smallest absolute Gasteiger partial charge is 0.332 e. The molecule has 3 nitrogen and oxygen atoms in total. The highest BCUT2D eigenvalue weighted by Gasteiger charge is 2.44. The van der Waals surface area contributed by atoms with Gasteiger partial charge in [0.15, 0.2) is 5.60 Å². The number of nitrogens with two attached hydrogens (primary N) is 1. The van der Waals surface area contributed by atoms with Crippen molar-refractivity contribution in [1.82, 2.24) is 0 Å². The summed E-state index contributed by atoms with van der Waals surface area (Å²) in [7, 11) is 0. The zero-order valence-corrected chi connectivity index (χ0v) is 12.1. The van der Waals surface area contributed by atoms with Crippen LogP contribution in [-0.4, -0.2) is 17.6 Å². The van der Waals surface area contributed by atoms with Crippen molar-refractivity contribution in [2.24, 2.45) is 5.73 Å². The van der Waals surface area contributed by atoms with E-state index in [0.717, 1.165) is 31.3 Å². The number of carbonyl (C=O) groups excluding carboxylic acids is 1. The predicted molar refractivity (Wildman–Crippen MR) is 77.3 cm³/mol. The Hall–Kier alpha value is -1.53. The molecule has 0 bridgehead atoms. The van der Waals surface area contributed by atoms with Gasteiger partial charge in [-0.3, -0.25) is 0 Å². The van der Waals surface area contributed by atoms with Crippen molar-refractivity contribution in [3.63, 3.8) is 0 Å². The van der Waals surface area contributed by atoms with Gasteiger partial charge in [-0.15, -0.1) is 0 Å². The molecule has 1 heterocycles. The molecule has 2 N–H and O–H groups in total. The standard InChI is InChI=1S/C16H23NO2/c1-5-7-9-12(3)13-11-15(18)19-16(13,4)14(17)10-8-6-2/h11,14H,3,5-6,8,10,17H2,1-2,4H3/t14-,16+/m1/s1. The van der Waals surface area contributed by atoms with Crippen LogP contribution in [0, 0.1) is 11.8 Å². The first-order valence-electron chi connectivity index (χ1n) is 6.84. The molecule has 0 aromatic carbocycles. The second kappa shape index (κ2) is 6.58. The van der Waals surface area contributed by atoms with Crippen LogP contribution in [0.1, 0.15) is 46.5 Å². The van der Waals surface area contributed by atoms with Gasteiger partial charge in [0.05, 0.1) is 0 Å². The van der Waals surface area contributed by atoms with Gasteiger partial charge < -0.3 is 10.5 Å². The minimum Gasteiger partial charge on any atom is -0.450 e. The maximum atomic E-state index is 11.6. The molecule has 0 amide bonds. The van der Waals surface area contributed by atoms with E-state index >= 15 is 0 Å². The Labute approximate surface area is 115 Å². The summed E-state index contributed by atoms with van der Waals surface area (Å²) >= 11 is 0. The van der Waals surface area contributed by atoms with Gasteiger partial charge in [-0.2, -0.15) is 0 Å².